The van der Waals surface area contributed by atoms with Crippen LogP contribution in [0.15, 0.2) is 127 Å². The Morgan fingerprint density at radius 3 is 0.923 bits per heavy atom. The minimum absolute atomic E-state index is 0. The summed E-state index contributed by atoms with van der Waals surface area (Å²) in [6, 6.07) is 41.7. The molecule has 0 radical (unpaired) electrons. The Morgan fingerprint density at radius 2 is 0.679 bits per heavy atom. The second-order valence-corrected chi connectivity index (χ2v) is 27.0. The smallest absolute Gasteiger partial charge is 0.358 e. The number of fused-ring (bicyclic) bond motifs is 1. The molecule has 3 aliphatic rings. The molecule has 5 heteroatoms. The molecule has 2 saturated carbocycles. The molecule has 0 aromatic heterocycles. The van der Waals surface area contributed by atoms with E-state index in [0.29, 0.717) is 28.5 Å². The van der Waals surface area contributed by atoms with E-state index in [2.05, 4.69) is 197 Å². The van der Waals surface area contributed by atoms with Crippen LogP contribution >= 0.6 is 0 Å². The molecular weight excluding hydrogens is 998 g/mol. The summed E-state index contributed by atoms with van der Waals surface area (Å²) in [7, 11) is 0. The maximum absolute atomic E-state index is 12.5. The fourth-order valence-corrected chi connectivity index (χ4v) is 8.53. The van der Waals surface area contributed by atoms with Crippen molar-refractivity contribution in [1.82, 2.24) is 4.90 Å². The van der Waals surface area contributed by atoms with Crippen LogP contribution in [0.4, 0.5) is 4.39 Å². The molecule has 0 bridgehead atoms. The molecule has 5 aromatic rings. The number of halogens is 1. The van der Waals surface area contributed by atoms with E-state index in [0.717, 1.165) is 5.92 Å². The van der Waals surface area contributed by atoms with Gasteiger partial charge in [0.25, 0.3) is 11.8 Å². The number of aryl methyl sites for hydroxylation is 2. The van der Waals surface area contributed by atoms with Crippen molar-refractivity contribution < 1.29 is 31.0 Å². The number of carbonyl (C=O) groups excluding carboxylic acids is 2. The first kappa shape index (κ1) is 77.9. The molecule has 3 nitrogen and oxygen atoms in total. The van der Waals surface area contributed by atoms with Gasteiger partial charge in [-0.15, -0.1) is 0 Å². The Labute approximate surface area is 492 Å². The number of hydrogen-bond donors (Lipinski definition) is 0. The van der Waals surface area contributed by atoms with Crippen molar-refractivity contribution in [1.29, 1.82) is 0 Å². The summed E-state index contributed by atoms with van der Waals surface area (Å²) in [5.74, 6) is 0.501. The van der Waals surface area contributed by atoms with Crippen LogP contribution in [0, 0.1) is 51.3 Å². The van der Waals surface area contributed by atoms with E-state index in [-0.39, 0.29) is 71.2 Å². The van der Waals surface area contributed by atoms with Gasteiger partial charge in [-0.05, 0) is 112 Å². The van der Waals surface area contributed by atoms with Gasteiger partial charge < -0.3 is 14.9 Å². The standard InChI is InChI=1S/C13H15NO2.2C11H16.C10H13F.C10H14.C9H18.C5H10.C2H6.2CH3.Fe/c1-13(2,3)8-14-11(15)9-6-4-5-7-10(9)12(14)16;2*1-9-5-7-10(8-6-9)11(2,3)4;1-10(2,3)8-4-6-9(11)7-5-8;1-10(2,3)9-7-5-4-6-8-9;1-9(2,3)8-6-4-5-7-8;1-2-4-5-3-1;1-2;;;/h4-7H,8H2,1-3H3;2*5-8H,1-4H3;4-7H,1-3H3;4-8H,1-3H3;8H,4-7H2,1-3H3;1-5H2;1-2H3;2*1H3;/q;;;;;;;;2*-1;+2. The van der Waals surface area contributed by atoms with Crippen molar-refractivity contribution in [2.24, 2.45) is 16.7 Å². The third-order valence-corrected chi connectivity index (χ3v) is 13.5. The van der Waals surface area contributed by atoms with Crippen LogP contribution < -0.4 is 0 Å². The van der Waals surface area contributed by atoms with Crippen LogP contribution in [0.2, 0.25) is 0 Å². The summed E-state index contributed by atoms with van der Waals surface area (Å²) in [6.07, 6.45) is 13.4. The summed E-state index contributed by atoms with van der Waals surface area (Å²) >= 11 is 0. The number of hydrogen-bond acceptors (Lipinski definition) is 2. The molecular formula is C73H114FFeNO2. The third-order valence-electron chi connectivity index (χ3n) is 13.5. The largest absolute Gasteiger partial charge is 2.00 e. The van der Waals surface area contributed by atoms with Gasteiger partial charge in [0.05, 0.1) is 11.1 Å². The van der Waals surface area contributed by atoms with Crippen molar-refractivity contribution in [3.05, 3.63) is 193 Å². The number of benzene rings is 5. The molecule has 0 unspecified atom stereocenters. The Kier molecular flexibility index (Phi) is 36.1. The van der Waals surface area contributed by atoms with E-state index in [1.54, 1.807) is 24.3 Å². The van der Waals surface area contributed by atoms with Gasteiger partial charge >= 0.3 is 17.1 Å². The molecule has 0 saturated heterocycles. The van der Waals surface area contributed by atoms with Crippen molar-refractivity contribution in [2.45, 2.75) is 232 Å². The number of amides is 2. The van der Waals surface area contributed by atoms with Gasteiger partial charge in [-0.1, -0.05) is 298 Å². The van der Waals surface area contributed by atoms with Crippen molar-refractivity contribution in [3.8, 4) is 0 Å². The summed E-state index contributed by atoms with van der Waals surface area (Å²) in [4.78, 5) is 25.3. The van der Waals surface area contributed by atoms with E-state index in [1.807, 2.05) is 46.8 Å². The van der Waals surface area contributed by atoms with Gasteiger partial charge in [0, 0.05) is 6.54 Å². The van der Waals surface area contributed by atoms with Crippen molar-refractivity contribution in [2.75, 3.05) is 6.54 Å². The van der Waals surface area contributed by atoms with Gasteiger partial charge in [0.2, 0.25) is 0 Å². The molecule has 0 atom stereocenters. The molecule has 1 heterocycles. The Bertz CT molecular complexity index is 2160. The van der Waals surface area contributed by atoms with Gasteiger partial charge in [-0.25, -0.2) is 4.39 Å². The Balaban J connectivity index is -0.000000844. The van der Waals surface area contributed by atoms with Gasteiger partial charge in [-0.2, -0.15) is 0 Å². The minimum atomic E-state index is -0.171. The zero-order chi connectivity index (χ0) is 57.4. The van der Waals surface area contributed by atoms with E-state index < -0.39 is 0 Å². The number of rotatable bonds is 1. The maximum atomic E-state index is 12.5. The van der Waals surface area contributed by atoms with Gasteiger partial charge in [-0.3, -0.25) is 14.5 Å². The van der Waals surface area contributed by atoms with Crippen molar-refractivity contribution >= 4 is 11.8 Å². The third kappa shape index (κ3) is 30.9. The predicted octanol–water partition coefficient (Wildman–Crippen LogP) is 22.1. The second kappa shape index (κ2) is 36.1. The van der Waals surface area contributed by atoms with E-state index in [9.17, 15) is 14.0 Å². The average Bonchev–Trinajstić information content (AvgIpc) is 4.14. The van der Waals surface area contributed by atoms with Gasteiger partial charge in [0.1, 0.15) is 5.82 Å². The topological polar surface area (TPSA) is 37.4 Å². The molecule has 0 N–H and O–H groups in total. The summed E-state index contributed by atoms with van der Waals surface area (Å²) in [6.45, 7) is 48.2. The van der Waals surface area contributed by atoms with Crippen LogP contribution in [0.3, 0.4) is 0 Å². The Hall–Kier alpha value is -4.31. The minimum Gasteiger partial charge on any atom is -0.358 e. The van der Waals surface area contributed by atoms with Crippen LogP contribution in [0.1, 0.15) is 250 Å². The molecule has 2 fully saturated rings. The first-order valence-electron chi connectivity index (χ1n) is 28.5. The quantitative estimate of drug-likeness (QED) is 0.0953. The zero-order valence-corrected chi connectivity index (χ0v) is 55.4. The van der Waals surface area contributed by atoms with E-state index >= 15 is 0 Å². The summed E-state index contributed by atoms with van der Waals surface area (Å²) < 4.78 is 12.5. The SMILES string of the molecule is C1CCCC1.CC.CC(C)(C)C1CCCC1.CC(C)(C)CN1C(=O)c2ccccc2C1=O.CC(C)(C)c1ccc(F)cc1.CC(C)(C)c1ccccc1.Cc1ccc(C(C)(C)C)cc1.Cc1ccc(C(C)(C)C)cc1.[CH3-].[CH3-].[Fe+2]. The summed E-state index contributed by atoms with van der Waals surface area (Å²) in [5.41, 5.74) is 10.6. The molecule has 5 aromatic carbocycles. The van der Waals surface area contributed by atoms with Gasteiger partial charge in [0.15, 0.2) is 0 Å². The fraction of sp³-hybridized carbons (Fsp3) is 0.534. The molecule has 2 aliphatic carbocycles. The average molecular weight is 1110 g/mol. The van der Waals surface area contributed by atoms with Crippen LogP contribution in [-0.2, 0) is 38.7 Å². The van der Waals surface area contributed by atoms with Crippen LogP contribution in [0.25, 0.3) is 0 Å². The van der Waals surface area contributed by atoms with E-state index in [4.69, 9.17) is 0 Å². The van der Waals surface area contributed by atoms with Crippen molar-refractivity contribution in [3.63, 3.8) is 0 Å². The number of carbonyl (C=O) groups is 2. The fourth-order valence-electron chi connectivity index (χ4n) is 8.53. The molecule has 1 aliphatic heterocycles. The first-order chi connectivity index (χ1) is 34.6. The number of imide groups is 1. The molecule has 438 valence electrons. The Morgan fingerprint density at radius 1 is 0.410 bits per heavy atom. The maximum Gasteiger partial charge on any atom is 2.00 e. The monoisotopic (exact) mass is 1110 g/mol. The zero-order valence-electron chi connectivity index (χ0n) is 54.3. The predicted molar refractivity (Wildman–Crippen MR) is 340 cm³/mol. The summed E-state index contributed by atoms with van der Waals surface area (Å²) in [5, 5.41) is 0. The first-order valence-corrected chi connectivity index (χ1v) is 28.5. The number of nitrogens with zero attached hydrogens (tertiary/aromatic N) is 1. The molecule has 78 heavy (non-hydrogen) atoms. The second-order valence-electron chi connectivity index (χ2n) is 27.0. The van der Waals surface area contributed by atoms with Crippen LogP contribution in [-0.4, -0.2) is 23.3 Å². The molecule has 8 rings (SSSR count). The normalized spacial score (nSPS) is 13.9. The molecule has 0 spiro atoms. The van der Waals surface area contributed by atoms with E-state index in [1.165, 1.54) is 108 Å². The molecule has 2 amide bonds. The van der Waals surface area contributed by atoms with Crippen LogP contribution in [0.5, 0.6) is 0 Å².